The molecule has 0 heterocycles. The van der Waals surface area contributed by atoms with Gasteiger partial charge in [0.05, 0.1) is 28.8 Å². The fourth-order valence-corrected chi connectivity index (χ4v) is 14.9. The summed E-state index contributed by atoms with van der Waals surface area (Å²) in [6.07, 6.45) is 0. The lowest BCUT2D eigenvalue weighted by Crippen LogP contribution is -2.61. The number of methoxy groups -OCH3 is 1. The fraction of sp³-hybridized carbons (Fsp3) is 0.562. The van der Waals surface area contributed by atoms with E-state index in [9.17, 15) is 4.79 Å². The van der Waals surface area contributed by atoms with E-state index in [-0.39, 0.29) is 5.97 Å². The molecule has 0 saturated heterocycles. The molecule has 3 nitrogen and oxygen atoms in total. The van der Waals surface area contributed by atoms with Crippen LogP contribution in [0.1, 0.15) is 15.9 Å². The Morgan fingerprint density at radius 2 is 1.62 bits per heavy atom. The van der Waals surface area contributed by atoms with Gasteiger partial charge in [-0.15, -0.1) is 0 Å². The van der Waals surface area contributed by atoms with Crippen LogP contribution in [-0.2, 0) is 11.3 Å². The lowest BCUT2D eigenvalue weighted by atomic mass is 10.1. The average Bonchev–Trinajstić information content (AvgIpc) is 2.35. The Hall–Kier alpha value is -0.916. The summed E-state index contributed by atoms with van der Waals surface area (Å²) in [6, 6.07) is 7.69. The van der Waals surface area contributed by atoms with Crippen molar-refractivity contribution in [2.24, 2.45) is 0 Å². The Kier molecular flexibility index (Phi) is 5.95. The Morgan fingerprint density at radius 1 is 1.10 bits per heavy atom. The Morgan fingerprint density at radius 3 is 2.10 bits per heavy atom. The van der Waals surface area contributed by atoms with Crippen LogP contribution in [0.2, 0.25) is 39.3 Å². The van der Waals surface area contributed by atoms with Crippen molar-refractivity contribution in [1.82, 2.24) is 5.32 Å². The third-order valence-electron chi connectivity index (χ3n) is 3.65. The van der Waals surface area contributed by atoms with Crippen LogP contribution in [0.4, 0.5) is 0 Å². The van der Waals surface area contributed by atoms with Gasteiger partial charge in [0.2, 0.25) is 0 Å². The van der Waals surface area contributed by atoms with E-state index in [4.69, 9.17) is 4.74 Å². The van der Waals surface area contributed by atoms with E-state index >= 15 is 0 Å². The van der Waals surface area contributed by atoms with Crippen molar-refractivity contribution in [1.29, 1.82) is 0 Å². The monoisotopic (exact) mass is 323 g/mol. The van der Waals surface area contributed by atoms with Crippen LogP contribution >= 0.6 is 0 Å². The maximum absolute atomic E-state index is 11.8. The summed E-state index contributed by atoms with van der Waals surface area (Å²) in [4.78, 5) is 11.8. The molecule has 0 aliphatic rings. The zero-order valence-corrected chi connectivity index (χ0v) is 16.4. The fourth-order valence-electron chi connectivity index (χ4n) is 3.11. The van der Waals surface area contributed by atoms with Crippen molar-refractivity contribution >= 4 is 22.1 Å². The Bertz CT molecular complexity index is 476. The van der Waals surface area contributed by atoms with E-state index < -0.39 is 16.1 Å². The average molecular weight is 324 g/mol. The lowest BCUT2D eigenvalue weighted by molar-refractivity contribution is 0.0599. The molecule has 0 amide bonds. The second-order valence-electron chi connectivity index (χ2n) is 7.69. The van der Waals surface area contributed by atoms with Crippen LogP contribution in [0, 0.1) is 0 Å². The molecule has 0 aliphatic heterocycles. The van der Waals surface area contributed by atoms with Gasteiger partial charge in [0.25, 0.3) is 0 Å². The lowest BCUT2D eigenvalue weighted by Gasteiger charge is -2.39. The normalized spacial score (nSPS) is 12.6. The highest BCUT2D eigenvalue weighted by Gasteiger charge is 2.37. The molecule has 0 spiro atoms. The van der Waals surface area contributed by atoms with Crippen LogP contribution < -0.4 is 5.32 Å². The summed E-state index contributed by atoms with van der Waals surface area (Å²) >= 11 is 0. The molecule has 0 atom stereocenters. The third kappa shape index (κ3) is 5.09. The first-order chi connectivity index (χ1) is 9.57. The number of hydrogen-bond acceptors (Lipinski definition) is 3. The Balaban J connectivity index is 2.94. The quantitative estimate of drug-likeness (QED) is 0.641. The minimum Gasteiger partial charge on any atom is -0.465 e. The van der Waals surface area contributed by atoms with E-state index in [1.54, 1.807) is 0 Å². The number of hydrogen-bond donors (Lipinski definition) is 1. The SMILES string of the molecule is COC(=O)c1ccccc1CNC([Si](C)(C)C)[Si](C)(C)C. The number of ether oxygens (including phenoxy) is 1. The topological polar surface area (TPSA) is 38.3 Å². The highest BCUT2D eigenvalue weighted by molar-refractivity contribution is 6.96. The number of esters is 1. The first-order valence-electron chi connectivity index (χ1n) is 7.47. The smallest absolute Gasteiger partial charge is 0.338 e. The van der Waals surface area contributed by atoms with E-state index in [2.05, 4.69) is 44.6 Å². The minimum atomic E-state index is -1.29. The van der Waals surface area contributed by atoms with Gasteiger partial charge in [0.1, 0.15) is 0 Å². The summed E-state index contributed by atoms with van der Waals surface area (Å²) in [5.74, 6) is -0.259. The predicted molar refractivity (Wildman–Crippen MR) is 95.1 cm³/mol. The molecule has 1 aromatic carbocycles. The predicted octanol–water partition coefficient (Wildman–Crippen LogP) is 3.69. The third-order valence-corrected chi connectivity index (χ3v) is 12.7. The first-order valence-corrected chi connectivity index (χ1v) is 14.6. The number of nitrogens with one attached hydrogen (secondary N) is 1. The molecule has 5 heteroatoms. The second-order valence-corrected chi connectivity index (χ2v) is 18.9. The zero-order valence-electron chi connectivity index (χ0n) is 14.4. The van der Waals surface area contributed by atoms with Crippen molar-refractivity contribution in [3.8, 4) is 0 Å². The van der Waals surface area contributed by atoms with Crippen LogP contribution in [0.15, 0.2) is 24.3 Å². The molecule has 21 heavy (non-hydrogen) atoms. The van der Waals surface area contributed by atoms with Gasteiger partial charge < -0.3 is 10.1 Å². The van der Waals surface area contributed by atoms with Crippen molar-refractivity contribution in [2.75, 3.05) is 7.11 Å². The largest absolute Gasteiger partial charge is 0.465 e. The second kappa shape index (κ2) is 6.90. The minimum absolute atomic E-state index is 0.259. The highest BCUT2D eigenvalue weighted by atomic mass is 28.4. The number of carbonyl (C=O) groups is 1. The molecule has 0 unspecified atom stereocenters. The molecule has 0 radical (unpaired) electrons. The van der Waals surface area contributed by atoms with Crippen molar-refractivity contribution in [2.45, 2.75) is 51.1 Å². The van der Waals surface area contributed by atoms with Gasteiger partial charge in [-0.05, 0) is 16.9 Å². The standard InChI is InChI=1S/C16H29NO2Si2/c1-19-15(18)14-11-9-8-10-13(14)12-17-16(20(2,3)4)21(5,6)7/h8-11,16-17H,12H2,1-7H3. The van der Waals surface area contributed by atoms with Crippen molar-refractivity contribution in [3.63, 3.8) is 0 Å². The van der Waals surface area contributed by atoms with Gasteiger partial charge in [-0.25, -0.2) is 4.79 Å². The van der Waals surface area contributed by atoms with Gasteiger partial charge in [0.15, 0.2) is 0 Å². The highest BCUT2D eigenvalue weighted by Crippen LogP contribution is 2.20. The zero-order chi connectivity index (χ0) is 16.3. The van der Waals surface area contributed by atoms with E-state index in [0.717, 1.165) is 12.1 Å². The maximum atomic E-state index is 11.8. The molecule has 0 aromatic heterocycles. The molecular weight excluding hydrogens is 294 g/mol. The van der Waals surface area contributed by atoms with Crippen molar-refractivity contribution in [3.05, 3.63) is 35.4 Å². The molecule has 1 aromatic rings. The van der Waals surface area contributed by atoms with Crippen LogP contribution in [0.5, 0.6) is 0 Å². The molecule has 0 saturated carbocycles. The van der Waals surface area contributed by atoms with E-state index in [1.165, 1.54) is 7.11 Å². The van der Waals surface area contributed by atoms with Gasteiger partial charge in [0, 0.05) is 6.54 Å². The number of rotatable bonds is 6. The molecule has 0 bridgehead atoms. The molecule has 1 N–H and O–H groups in total. The van der Waals surface area contributed by atoms with Crippen LogP contribution in [0.25, 0.3) is 0 Å². The summed E-state index contributed by atoms with van der Waals surface area (Å²) in [6.45, 7) is 15.2. The number of carbonyl (C=O) groups excluding carboxylic acids is 1. The summed E-state index contributed by atoms with van der Waals surface area (Å²) < 4.78 is 4.87. The summed E-state index contributed by atoms with van der Waals surface area (Å²) in [5.41, 5.74) is 1.68. The van der Waals surface area contributed by atoms with Gasteiger partial charge in [-0.3, -0.25) is 0 Å². The molecule has 0 fully saturated rings. The van der Waals surface area contributed by atoms with Crippen LogP contribution in [-0.4, -0.2) is 34.5 Å². The molecular formula is C16H29NO2Si2. The first kappa shape index (κ1) is 18.1. The molecule has 0 aliphatic carbocycles. The summed E-state index contributed by atoms with van der Waals surface area (Å²) in [5, 5.41) is 4.36. The maximum Gasteiger partial charge on any atom is 0.338 e. The molecule has 1 rings (SSSR count). The van der Waals surface area contributed by atoms with E-state index in [1.807, 2.05) is 24.3 Å². The number of benzene rings is 1. The van der Waals surface area contributed by atoms with Crippen LogP contribution in [0.3, 0.4) is 0 Å². The van der Waals surface area contributed by atoms with Gasteiger partial charge >= 0.3 is 5.97 Å². The summed E-state index contributed by atoms with van der Waals surface area (Å²) in [7, 11) is -1.16. The Labute approximate surface area is 131 Å². The van der Waals surface area contributed by atoms with E-state index in [0.29, 0.717) is 10.9 Å². The van der Waals surface area contributed by atoms with Crippen molar-refractivity contribution < 1.29 is 9.53 Å². The molecule has 118 valence electrons. The van der Waals surface area contributed by atoms with Gasteiger partial charge in [-0.1, -0.05) is 57.5 Å². The van der Waals surface area contributed by atoms with Gasteiger partial charge in [-0.2, -0.15) is 0 Å².